The molecule has 7 heteroatoms. The number of thioether (sulfide) groups is 1. The summed E-state index contributed by atoms with van der Waals surface area (Å²) in [5, 5.41) is 17.3. The highest BCUT2D eigenvalue weighted by Crippen LogP contribution is 2.24. The zero-order valence-electron chi connectivity index (χ0n) is 12.6. The van der Waals surface area contributed by atoms with E-state index in [0.29, 0.717) is 22.0 Å². The van der Waals surface area contributed by atoms with Crippen molar-refractivity contribution in [3.05, 3.63) is 47.3 Å². The van der Waals surface area contributed by atoms with Crippen LogP contribution in [0.4, 0.5) is 0 Å². The number of esters is 1. The average Bonchev–Trinajstić information content (AvgIpc) is 2.87. The van der Waals surface area contributed by atoms with E-state index in [9.17, 15) is 10.0 Å². The summed E-state index contributed by atoms with van der Waals surface area (Å²) in [5.41, 5.74) is 2.03. The summed E-state index contributed by atoms with van der Waals surface area (Å²) in [6.45, 7) is 3.73. The third-order valence-electron chi connectivity index (χ3n) is 3.03. The predicted octanol–water partition coefficient (Wildman–Crippen LogP) is 2.86. The number of carbonyl (C=O) groups is 1. The van der Waals surface area contributed by atoms with Crippen molar-refractivity contribution >= 4 is 22.8 Å². The fraction of sp³-hybridized carbons (Fsp3) is 0.267. The number of ether oxygens (including phenoxy) is 1. The standard InChI is InChI=1S/C15H17N3O3S/c1-4-21-15(19)12-10(2)16-18(11-8-6-5-7-9-11)13(12)14(17-20)22-3/h5-9,20H,4H2,1-3H3/b17-14+. The number of hydrogen-bond acceptors (Lipinski definition) is 6. The van der Waals surface area contributed by atoms with Gasteiger partial charge in [-0.2, -0.15) is 5.10 Å². The van der Waals surface area contributed by atoms with Crippen molar-refractivity contribution in [3.63, 3.8) is 0 Å². The Labute approximate surface area is 132 Å². The molecule has 2 rings (SSSR count). The van der Waals surface area contributed by atoms with Crippen molar-refractivity contribution in [2.75, 3.05) is 12.9 Å². The van der Waals surface area contributed by atoms with Crippen LogP contribution < -0.4 is 0 Å². The number of hydrogen-bond donors (Lipinski definition) is 1. The Morgan fingerprint density at radius 1 is 1.41 bits per heavy atom. The van der Waals surface area contributed by atoms with E-state index in [-0.39, 0.29) is 6.61 Å². The van der Waals surface area contributed by atoms with Gasteiger partial charge in [0.2, 0.25) is 0 Å². The monoisotopic (exact) mass is 319 g/mol. The molecule has 116 valence electrons. The Balaban J connectivity index is 2.70. The van der Waals surface area contributed by atoms with Gasteiger partial charge in [-0.25, -0.2) is 9.48 Å². The third-order valence-corrected chi connectivity index (χ3v) is 3.69. The molecular formula is C15H17N3O3S. The molecule has 0 aliphatic carbocycles. The molecule has 0 aliphatic heterocycles. The van der Waals surface area contributed by atoms with Gasteiger partial charge < -0.3 is 9.94 Å². The van der Waals surface area contributed by atoms with E-state index in [4.69, 9.17) is 4.74 Å². The van der Waals surface area contributed by atoms with Gasteiger partial charge in [0, 0.05) is 0 Å². The van der Waals surface area contributed by atoms with Gasteiger partial charge in [0.15, 0.2) is 5.04 Å². The molecule has 0 saturated carbocycles. The molecule has 0 spiro atoms. The van der Waals surface area contributed by atoms with Crippen molar-refractivity contribution in [3.8, 4) is 5.69 Å². The smallest absolute Gasteiger partial charge is 0.342 e. The van der Waals surface area contributed by atoms with Gasteiger partial charge in [-0.3, -0.25) is 0 Å². The molecule has 1 heterocycles. The molecule has 0 atom stereocenters. The molecule has 0 radical (unpaired) electrons. The van der Waals surface area contributed by atoms with Gasteiger partial charge in [0.1, 0.15) is 11.3 Å². The molecule has 2 aromatic rings. The van der Waals surface area contributed by atoms with Gasteiger partial charge in [0.05, 0.1) is 18.0 Å². The summed E-state index contributed by atoms with van der Waals surface area (Å²) in [7, 11) is 0. The summed E-state index contributed by atoms with van der Waals surface area (Å²) >= 11 is 1.23. The second kappa shape index (κ2) is 7.13. The van der Waals surface area contributed by atoms with E-state index in [2.05, 4.69) is 10.3 Å². The Morgan fingerprint density at radius 2 is 2.09 bits per heavy atom. The molecule has 1 aromatic carbocycles. The molecule has 0 fully saturated rings. The summed E-state index contributed by atoms with van der Waals surface area (Å²) in [6, 6.07) is 9.35. The summed E-state index contributed by atoms with van der Waals surface area (Å²) in [6.07, 6.45) is 1.77. The SMILES string of the molecule is CCOC(=O)c1c(C)nn(-c2ccccc2)c1/C(=N\O)SC. The van der Waals surface area contributed by atoms with E-state index in [0.717, 1.165) is 5.69 Å². The lowest BCUT2D eigenvalue weighted by molar-refractivity contribution is 0.0525. The van der Waals surface area contributed by atoms with Crippen LogP contribution in [0.15, 0.2) is 35.5 Å². The minimum Gasteiger partial charge on any atom is -0.462 e. The Kier molecular flexibility index (Phi) is 5.21. The van der Waals surface area contributed by atoms with Crippen LogP contribution in [0.3, 0.4) is 0 Å². The Bertz CT molecular complexity index is 696. The quantitative estimate of drug-likeness (QED) is 0.308. The zero-order valence-corrected chi connectivity index (χ0v) is 13.4. The molecule has 0 saturated heterocycles. The lowest BCUT2D eigenvalue weighted by Crippen LogP contribution is -2.14. The fourth-order valence-electron chi connectivity index (χ4n) is 2.11. The van der Waals surface area contributed by atoms with Crippen LogP contribution in [-0.2, 0) is 4.74 Å². The summed E-state index contributed by atoms with van der Waals surface area (Å²) in [4.78, 5) is 12.2. The molecule has 22 heavy (non-hydrogen) atoms. The van der Waals surface area contributed by atoms with Gasteiger partial charge in [0.25, 0.3) is 0 Å². The van der Waals surface area contributed by atoms with Gasteiger partial charge in [-0.15, -0.1) is 11.8 Å². The minimum atomic E-state index is -0.479. The van der Waals surface area contributed by atoms with E-state index in [1.807, 2.05) is 30.3 Å². The molecule has 6 nitrogen and oxygen atoms in total. The van der Waals surface area contributed by atoms with Crippen LogP contribution in [0.1, 0.15) is 28.7 Å². The van der Waals surface area contributed by atoms with E-state index in [1.54, 1.807) is 24.8 Å². The van der Waals surface area contributed by atoms with Crippen molar-refractivity contribution in [2.45, 2.75) is 13.8 Å². The maximum atomic E-state index is 12.2. The van der Waals surface area contributed by atoms with Crippen LogP contribution in [0.5, 0.6) is 0 Å². The number of oxime groups is 1. The first kappa shape index (κ1) is 16.1. The first-order chi connectivity index (χ1) is 10.6. The second-order valence-electron chi connectivity index (χ2n) is 4.39. The number of rotatable bonds is 4. The minimum absolute atomic E-state index is 0.263. The topological polar surface area (TPSA) is 76.7 Å². The van der Waals surface area contributed by atoms with Crippen molar-refractivity contribution in [2.24, 2.45) is 5.16 Å². The van der Waals surface area contributed by atoms with Gasteiger partial charge in [-0.1, -0.05) is 23.4 Å². The normalized spacial score (nSPS) is 11.5. The Hall–Kier alpha value is -2.28. The highest BCUT2D eigenvalue weighted by atomic mass is 32.2. The van der Waals surface area contributed by atoms with Crippen LogP contribution in [-0.4, -0.2) is 38.9 Å². The van der Waals surface area contributed by atoms with Crippen molar-refractivity contribution in [1.82, 2.24) is 9.78 Å². The molecule has 0 bridgehead atoms. The zero-order chi connectivity index (χ0) is 16.1. The molecule has 0 unspecified atom stereocenters. The third kappa shape index (κ3) is 2.99. The highest BCUT2D eigenvalue weighted by molar-refractivity contribution is 8.13. The predicted molar refractivity (Wildman–Crippen MR) is 86.1 cm³/mol. The maximum absolute atomic E-state index is 12.2. The highest BCUT2D eigenvalue weighted by Gasteiger charge is 2.27. The number of benzene rings is 1. The molecule has 0 amide bonds. The lowest BCUT2D eigenvalue weighted by atomic mass is 10.2. The van der Waals surface area contributed by atoms with E-state index in [1.165, 1.54) is 11.8 Å². The molecule has 0 aliphatic rings. The summed E-state index contributed by atoms with van der Waals surface area (Å²) in [5.74, 6) is -0.479. The number of aryl methyl sites for hydroxylation is 1. The lowest BCUT2D eigenvalue weighted by Gasteiger charge is -2.09. The van der Waals surface area contributed by atoms with Crippen LogP contribution in [0.2, 0.25) is 0 Å². The summed E-state index contributed by atoms with van der Waals surface area (Å²) < 4.78 is 6.69. The number of para-hydroxylation sites is 1. The second-order valence-corrected chi connectivity index (χ2v) is 5.18. The van der Waals surface area contributed by atoms with Crippen molar-refractivity contribution < 1.29 is 14.7 Å². The molecule has 1 aromatic heterocycles. The van der Waals surface area contributed by atoms with Crippen LogP contribution >= 0.6 is 11.8 Å². The Morgan fingerprint density at radius 3 is 2.64 bits per heavy atom. The van der Waals surface area contributed by atoms with Gasteiger partial charge >= 0.3 is 5.97 Å². The maximum Gasteiger partial charge on any atom is 0.342 e. The largest absolute Gasteiger partial charge is 0.462 e. The van der Waals surface area contributed by atoms with Gasteiger partial charge in [-0.05, 0) is 32.2 Å². The van der Waals surface area contributed by atoms with Crippen LogP contribution in [0.25, 0.3) is 5.69 Å². The van der Waals surface area contributed by atoms with E-state index < -0.39 is 5.97 Å². The number of aromatic nitrogens is 2. The number of carbonyl (C=O) groups excluding carboxylic acids is 1. The first-order valence-electron chi connectivity index (χ1n) is 6.72. The van der Waals surface area contributed by atoms with E-state index >= 15 is 0 Å². The molecular weight excluding hydrogens is 302 g/mol. The first-order valence-corrected chi connectivity index (χ1v) is 7.95. The average molecular weight is 319 g/mol. The fourth-order valence-corrected chi connectivity index (χ4v) is 2.58. The van der Waals surface area contributed by atoms with Crippen LogP contribution in [0, 0.1) is 6.92 Å². The number of nitrogens with zero attached hydrogens (tertiary/aromatic N) is 3. The van der Waals surface area contributed by atoms with Crippen molar-refractivity contribution in [1.29, 1.82) is 0 Å². The molecule has 1 N–H and O–H groups in total.